The number of amides is 2. The summed E-state index contributed by atoms with van der Waals surface area (Å²) < 4.78 is 27.2. The molecule has 0 radical (unpaired) electrons. The third-order valence-electron chi connectivity index (χ3n) is 4.80. The summed E-state index contributed by atoms with van der Waals surface area (Å²) >= 11 is 0. The molecular weight excluding hydrogens is 412 g/mol. The maximum atomic E-state index is 12.1. The van der Waals surface area contributed by atoms with Crippen molar-refractivity contribution in [2.45, 2.75) is 51.0 Å². The molecule has 1 aliphatic rings. The number of aliphatic hydroxyl groups excluding tert-OH is 1. The highest BCUT2D eigenvalue weighted by molar-refractivity contribution is 5.91. The lowest BCUT2D eigenvalue weighted by molar-refractivity contribution is -0.304. The standard InChI is InChI=1S/C20H24N2O9/c1-9(23)22-12-7-10-5-6-11(8-13(10)29-17(12)25)28-18-14(24)15(30-19(21)26)16(27-4)20(2,3)31-18/h5-8,14-16,18,24H,1-4H3,(H2,21,26)(H,22,23)/t14-,15+,16-,18-/m1/s1. The van der Waals surface area contributed by atoms with Gasteiger partial charge in [-0.2, -0.15) is 0 Å². The van der Waals surface area contributed by atoms with E-state index in [1.807, 2.05) is 0 Å². The molecule has 0 aliphatic carbocycles. The van der Waals surface area contributed by atoms with Gasteiger partial charge in [-0.05, 0) is 32.0 Å². The molecule has 31 heavy (non-hydrogen) atoms. The van der Waals surface area contributed by atoms with E-state index in [-0.39, 0.29) is 17.0 Å². The normalized spacial score (nSPS) is 25.1. The van der Waals surface area contributed by atoms with E-state index in [0.29, 0.717) is 5.39 Å². The number of carbonyl (C=O) groups excluding carboxylic acids is 2. The summed E-state index contributed by atoms with van der Waals surface area (Å²) in [5, 5.41) is 13.6. The van der Waals surface area contributed by atoms with E-state index < -0.39 is 47.8 Å². The number of nitrogens with two attached hydrogens (primary N) is 1. The maximum absolute atomic E-state index is 12.1. The van der Waals surface area contributed by atoms with Crippen molar-refractivity contribution >= 4 is 28.7 Å². The predicted octanol–water partition coefficient (Wildman–Crippen LogP) is 1.10. The number of nitrogens with one attached hydrogen (secondary N) is 1. The van der Waals surface area contributed by atoms with Gasteiger partial charge in [-0.25, -0.2) is 9.59 Å². The fraction of sp³-hybridized carbons (Fsp3) is 0.450. The Hall–Kier alpha value is -3.15. The van der Waals surface area contributed by atoms with E-state index in [2.05, 4.69) is 5.32 Å². The van der Waals surface area contributed by atoms with Crippen molar-refractivity contribution in [3.8, 4) is 5.75 Å². The lowest BCUT2D eigenvalue weighted by Crippen LogP contribution is -2.65. The first-order valence-corrected chi connectivity index (χ1v) is 9.38. The molecule has 11 nitrogen and oxygen atoms in total. The van der Waals surface area contributed by atoms with Gasteiger partial charge < -0.3 is 39.5 Å². The Morgan fingerprint density at radius 2 is 1.97 bits per heavy atom. The van der Waals surface area contributed by atoms with Crippen LogP contribution in [-0.4, -0.2) is 54.4 Å². The van der Waals surface area contributed by atoms with Crippen LogP contribution >= 0.6 is 0 Å². The molecule has 2 amide bonds. The Labute approximate surface area is 177 Å². The first-order chi connectivity index (χ1) is 14.5. The fourth-order valence-electron chi connectivity index (χ4n) is 3.52. The molecule has 11 heteroatoms. The molecule has 1 aliphatic heterocycles. The number of hydrogen-bond acceptors (Lipinski definition) is 9. The van der Waals surface area contributed by atoms with E-state index >= 15 is 0 Å². The molecule has 168 valence electrons. The summed E-state index contributed by atoms with van der Waals surface area (Å²) in [6, 6.07) is 6.08. The minimum Gasteiger partial charge on any atom is -0.462 e. The third-order valence-corrected chi connectivity index (χ3v) is 4.80. The van der Waals surface area contributed by atoms with Crippen LogP contribution in [0.25, 0.3) is 11.0 Å². The number of ether oxygens (including phenoxy) is 4. The van der Waals surface area contributed by atoms with Gasteiger partial charge in [0.2, 0.25) is 12.2 Å². The van der Waals surface area contributed by atoms with Crippen LogP contribution in [0.4, 0.5) is 10.5 Å². The molecule has 4 N–H and O–H groups in total. The highest BCUT2D eigenvalue weighted by Crippen LogP contribution is 2.34. The Morgan fingerprint density at radius 3 is 2.58 bits per heavy atom. The van der Waals surface area contributed by atoms with Gasteiger partial charge in [-0.15, -0.1) is 0 Å². The molecule has 0 saturated carbocycles. The average molecular weight is 436 g/mol. The first kappa shape index (κ1) is 22.5. The second kappa shape index (κ2) is 8.53. The van der Waals surface area contributed by atoms with Gasteiger partial charge in [0.05, 0.1) is 5.60 Å². The molecule has 1 aromatic heterocycles. The van der Waals surface area contributed by atoms with Gasteiger partial charge in [0, 0.05) is 25.5 Å². The Bertz CT molecular complexity index is 1050. The van der Waals surface area contributed by atoms with Crippen molar-refractivity contribution < 1.29 is 38.1 Å². The summed E-state index contributed by atoms with van der Waals surface area (Å²) in [6.45, 7) is 4.65. The lowest BCUT2D eigenvalue weighted by Gasteiger charge is -2.47. The minimum absolute atomic E-state index is 0.0125. The molecule has 0 unspecified atom stereocenters. The first-order valence-electron chi connectivity index (χ1n) is 9.38. The van der Waals surface area contributed by atoms with Crippen LogP contribution in [0.15, 0.2) is 33.5 Å². The molecule has 2 aromatic rings. The molecule has 1 fully saturated rings. The van der Waals surface area contributed by atoms with Gasteiger partial charge in [-0.1, -0.05) is 0 Å². The number of anilines is 1. The van der Waals surface area contributed by atoms with E-state index in [1.165, 1.54) is 26.2 Å². The number of carbonyl (C=O) groups is 2. The number of primary amides is 1. The van der Waals surface area contributed by atoms with Gasteiger partial charge in [0.1, 0.15) is 23.1 Å². The van der Waals surface area contributed by atoms with Crippen molar-refractivity contribution in [3.05, 3.63) is 34.7 Å². The molecular formula is C20H24N2O9. The third kappa shape index (κ3) is 4.79. The number of rotatable bonds is 5. The molecule has 1 saturated heterocycles. The maximum Gasteiger partial charge on any atom is 0.404 e. The smallest absolute Gasteiger partial charge is 0.404 e. The van der Waals surface area contributed by atoms with Gasteiger partial charge in [0.15, 0.2) is 12.2 Å². The quantitative estimate of drug-likeness (QED) is 0.583. The van der Waals surface area contributed by atoms with E-state index in [4.69, 9.17) is 29.1 Å². The summed E-state index contributed by atoms with van der Waals surface area (Å²) in [4.78, 5) is 34.6. The topological polar surface area (TPSA) is 160 Å². The number of fused-ring (bicyclic) bond motifs is 1. The Balaban J connectivity index is 1.88. The lowest BCUT2D eigenvalue weighted by atomic mass is 9.89. The van der Waals surface area contributed by atoms with Crippen LogP contribution in [0.3, 0.4) is 0 Å². The fourth-order valence-corrected chi connectivity index (χ4v) is 3.52. The average Bonchev–Trinajstić information content (AvgIpc) is 2.65. The zero-order chi connectivity index (χ0) is 22.9. The summed E-state index contributed by atoms with van der Waals surface area (Å²) in [5.74, 6) is -0.184. The minimum atomic E-state index is -1.42. The molecule has 2 heterocycles. The van der Waals surface area contributed by atoms with Crippen LogP contribution in [-0.2, 0) is 19.0 Å². The van der Waals surface area contributed by atoms with Crippen molar-refractivity contribution in [1.82, 2.24) is 0 Å². The van der Waals surface area contributed by atoms with E-state index in [0.717, 1.165) is 0 Å². The van der Waals surface area contributed by atoms with Crippen LogP contribution in [0.2, 0.25) is 0 Å². The number of aliphatic hydroxyl groups is 1. The largest absolute Gasteiger partial charge is 0.462 e. The van der Waals surface area contributed by atoms with Gasteiger partial charge in [-0.3, -0.25) is 4.79 Å². The second-order valence-electron chi connectivity index (χ2n) is 7.58. The molecule has 0 bridgehead atoms. The molecule has 3 rings (SSSR count). The highest BCUT2D eigenvalue weighted by Gasteiger charge is 2.53. The molecule has 1 aromatic carbocycles. The monoisotopic (exact) mass is 436 g/mol. The Morgan fingerprint density at radius 1 is 1.26 bits per heavy atom. The van der Waals surface area contributed by atoms with Gasteiger partial charge >= 0.3 is 11.7 Å². The zero-order valence-electron chi connectivity index (χ0n) is 17.4. The van der Waals surface area contributed by atoms with Crippen LogP contribution in [0, 0.1) is 0 Å². The number of benzene rings is 1. The van der Waals surface area contributed by atoms with Crippen LogP contribution in [0.1, 0.15) is 20.8 Å². The van der Waals surface area contributed by atoms with E-state index in [9.17, 15) is 19.5 Å². The number of hydrogen-bond donors (Lipinski definition) is 3. The van der Waals surface area contributed by atoms with Gasteiger partial charge in [0.25, 0.3) is 0 Å². The molecule has 4 atom stereocenters. The van der Waals surface area contributed by atoms with Crippen molar-refractivity contribution in [2.24, 2.45) is 5.73 Å². The predicted molar refractivity (Wildman–Crippen MR) is 108 cm³/mol. The summed E-state index contributed by atoms with van der Waals surface area (Å²) in [7, 11) is 1.39. The molecule has 0 spiro atoms. The Kier molecular flexibility index (Phi) is 6.20. The van der Waals surface area contributed by atoms with Crippen LogP contribution < -0.4 is 21.4 Å². The van der Waals surface area contributed by atoms with E-state index in [1.54, 1.807) is 26.0 Å². The van der Waals surface area contributed by atoms with Crippen LogP contribution in [0.5, 0.6) is 5.75 Å². The van der Waals surface area contributed by atoms with Crippen molar-refractivity contribution in [2.75, 3.05) is 12.4 Å². The van der Waals surface area contributed by atoms with Crippen molar-refractivity contribution in [1.29, 1.82) is 0 Å². The van der Waals surface area contributed by atoms with Crippen molar-refractivity contribution in [3.63, 3.8) is 0 Å². The number of methoxy groups -OCH3 is 1. The summed E-state index contributed by atoms with van der Waals surface area (Å²) in [6.07, 6.45) is -5.69. The SMILES string of the molecule is CO[C@@H]1[C@@H](OC(N)=O)[C@@H](O)[C@H](Oc2ccc3cc(NC(C)=O)c(=O)oc3c2)OC1(C)C. The second-order valence-corrected chi connectivity index (χ2v) is 7.58. The highest BCUT2D eigenvalue weighted by atomic mass is 16.7. The summed E-state index contributed by atoms with van der Waals surface area (Å²) in [5.41, 5.74) is 3.60. The zero-order valence-corrected chi connectivity index (χ0v) is 17.4.